The largest absolute Gasteiger partial charge is 0.462 e. The summed E-state index contributed by atoms with van der Waals surface area (Å²) in [6, 6.07) is 15.7. The van der Waals surface area contributed by atoms with Gasteiger partial charge in [-0.05, 0) is 81.1 Å². The van der Waals surface area contributed by atoms with Gasteiger partial charge >= 0.3 is 5.97 Å². The predicted octanol–water partition coefficient (Wildman–Crippen LogP) is 5.94. The average Bonchev–Trinajstić information content (AvgIpc) is 2.78. The van der Waals surface area contributed by atoms with Gasteiger partial charge in [0.15, 0.2) is 0 Å². The number of aryl methyl sites for hydroxylation is 2. The maximum Gasteiger partial charge on any atom is 0.338 e. The molecule has 1 unspecified atom stereocenters. The minimum Gasteiger partial charge on any atom is -0.462 e. The second-order valence-electron chi connectivity index (χ2n) is 8.35. The van der Waals surface area contributed by atoms with Gasteiger partial charge < -0.3 is 14.9 Å². The molecule has 1 atom stereocenters. The second kappa shape index (κ2) is 9.20. The third-order valence-corrected chi connectivity index (χ3v) is 5.94. The Kier molecular flexibility index (Phi) is 6.34. The third-order valence-electron chi connectivity index (χ3n) is 5.94. The van der Waals surface area contributed by atoms with Crippen LogP contribution in [0.25, 0.3) is 33.4 Å². The van der Waals surface area contributed by atoms with Crippen molar-refractivity contribution in [3.05, 3.63) is 76.1 Å². The van der Waals surface area contributed by atoms with Crippen LogP contribution in [0.3, 0.4) is 0 Å². The molecule has 0 aromatic heterocycles. The first-order chi connectivity index (χ1) is 15.8. The zero-order valence-corrected chi connectivity index (χ0v) is 19.9. The van der Waals surface area contributed by atoms with Crippen LogP contribution >= 0.6 is 0 Å². The quantitative estimate of drug-likeness (QED) is 0.306. The number of nitrogens with zero attached hydrogens (tertiary/aromatic N) is 1. The van der Waals surface area contributed by atoms with Crippen molar-refractivity contribution >= 4 is 16.9 Å². The van der Waals surface area contributed by atoms with E-state index in [0.717, 1.165) is 49.7 Å². The van der Waals surface area contributed by atoms with Crippen LogP contribution < -0.4 is 11.1 Å². The zero-order valence-electron chi connectivity index (χ0n) is 19.9. The van der Waals surface area contributed by atoms with Crippen LogP contribution in [0.4, 0.5) is 0 Å². The van der Waals surface area contributed by atoms with Crippen molar-refractivity contribution in [2.45, 2.75) is 40.7 Å². The van der Waals surface area contributed by atoms with E-state index in [0.29, 0.717) is 24.5 Å². The summed E-state index contributed by atoms with van der Waals surface area (Å²) in [4.78, 5) is 17.5. The summed E-state index contributed by atoms with van der Waals surface area (Å²) in [6.45, 7) is 10.9. The number of carbonyl (C=O) groups excluding carboxylic acids is 1. The Morgan fingerprint density at radius 2 is 1.82 bits per heavy atom. The number of benzene rings is 3. The average molecular weight is 443 g/mol. The molecule has 1 heterocycles. The number of hydrogen-bond acceptors (Lipinski definition) is 5. The van der Waals surface area contributed by atoms with Crippen molar-refractivity contribution in [3.8, 4) is 22.5 Å². The van der Waals surface area contributed by atoms with Crippen LogP contribution in [-0.4, -0.2) is 19.1 Å². The summed E-state index contributed by atoms with van der Waals surface area (Å²) in [6.07, 6.45) is 0. The topological polar surface area (TPSA) is 77.8 Å². The van der Waals surface area contributed by atoms with Crippen LogP contribution in [-0.2, 0) is 4.74 Å². The molecular weight excluding hydrogens is 412 g/mol. The highest BCUT2D eigenvalue weighted by Gasteiger charge is 2.23. The van der Waals surface area contributed by atoms with Crippen molar-refractivity contribution in [3.63, 3.8) is 0 Å². The van der Waals surface area contributed by atoms with E-state index in [2.05, 4.69) is 24.0 Å². The highest BCUT2D eigenvalue weighted by atomic mass is 16.5. The maximum atomic E-state index is 12.9. The van der Waals surface area contributed by atoms with Crippen LogP contribution in [0, 0.1) is 13.8 Å². The number of carbonyl (C=O) groups is 1. The molecule has 2 aromatic rings. The Morgan fingerprint density at radius 1 is 1.06 bits per heavy atom. The van der Waals surface area contributed by atoms with Gasteiger partial charge in [-0.25, -0.2) is 4.79 Å². The maximum absolute atomic E-state index is 12.9. The molecule has 0 spiro atoms. The zero-order chi connectivity index (χ0) is 23.7. The molecule has 0 radical (unpaired) electrons. The van der Waals surface area contributed by atoms with E-state index in [1.807, 2.05) is 64.1 Å². The molecule has 5 heteroatoms. The third kappa shape index (κ3) is 4.16. The summed E-state index contributed by atoms with van der Waals surface area (Å²) in [5.41, 5.74) is 13.3. The second-order valence-corrected chi connectivity index (χ2v) is 8.35. The smallest absolute Gasteiger partial charge is 0.338 e. The molecule has 2 aliphatic rings. The monoisotopic (exact) mass is 442 g/mol. The summed E-state index contributed by atoms with van der Waals surface area (Å²) >= 11 is 0. The lowest BCUT2D eigenvalue weighted by atomic mass is 9.88. The molecule has 2 aromatic carbocycles. The highest BCUT2D eigenvalue weighted by Crippen LogP contribution is 2.42. The fourth-order valence-electron chi connectivity index (χ4n) is 4.41. The molecule has 0 fully saturated rings. The Bertz CT molecular complexity index is 1380. The van der Waals surface area contributed by atoms with Crippen LogP contribution in [0.5, 0.6) is 0 Å². The molecule has 0 saturated heterocycles. The van der Waals surface area contributed by atoms with Gasteiger partial charge in [0.1, 0.15) is 11.3 Å². The van der Waals surface area contributed by atoms with Crippen molar-refractivity contribution < 1.29 is 13.9 Å². The highest BCUT2D eigenvalue weighted by molar-refractivity contribution is 6.08. The van der Waals surface area contributed by atoms with Gasteiger partial charge in [-0.15, -0.1) is 0 Å². The van der Waals surface area contributed by atoms with Crippen molar-refractivity contribution in [1.82, 2.24) is 0 Å². The normalized spacial score (nSPS) is 13.0. The summed E-state index contributed by atoms with van der Waals surface area (Å²) in [5, 5.41) is 1.83. The number of nitrogens with two attached hydrogens (primary N) is 1. The lowest BCUT2D eigenvalue weighted by Gasteiger charge is -2.20. The van der Waals surface area contributed by atoms with Gasteiger partial charge in [-0.1, -0.05) is 18.2 Å². The first-order valence-corrected chi connectivity index (χ1v) is 11.4. The lowest BCUT2D eigenvalue weighted by Crippen LogP contribution is -2.11. The fourth-order valence-corrected chi connectivity index (χ4v) is 4.41. The number of hydrogen-bond donors (Lipinski definition) is 1. The molecule has 1 aliphatic carbocycles. The van der Waals surface area contributed by atoms with E-state index in [1.165, 1.54) is 0 Å². The van der Waals surface area contributed by atoms with Gasteiger partial charge in [-0.3, -0.25) is 4.99 Å². The van der Waals surface area contributed by atoms with Crippen molar-refractivity contribution in [2.75, 3.05) is 13.2 Å². The molecule has 2 N–H and O–H groups in total. The molecule has 4 rings (SSSR count). The van der Waals surface area contributed by atoms with Crippen molar-refractivity contribution in [1.29, 1.82) is 0 Å². The van der Waals surface area contributed by atoms with E-state index < -0.39 is 0 Å². The molecular formula is C28H30N2O3. The molecule has 0 bridgehead atoms. The van der Waals surface area contributed by atoms with E-state index in [1.54, 1.807) is 0 Å². The Hall–Kier alpha value is -3.44. The lowest BCUT2D eigenvalue weighted by molar-refractivity contribution is 0.0527. The minimum atomic E-state index is -0.339. The molecule has 0 saturated carbocycles. The standard InChI is InChI=1S/C28H30N2O3/c1-6-30-24-15-26-23(13-17(24)4)27(19-10-8-9-11-20(19)28(31)32-7-2)22-12-16(3)21(18(5)29)14-25(22)33-26/h8-15,18H,6-7,29H2,1-5H3. The van der Waals surface area contributed by atoms with Crippen LogP contribution in [0.15, 0.2) is 57.9 Å². The minimum absolute atomic E-state index is 0.126. The molecule has 1 aliphatic heterocycles. The summed E-state index contributed by atoms with van der Waals surface area (Å²) in [5.74, 6) is 0.377. The van der Waals surface area contributed by atoms with Crippen LogP contribution in [0.1, 0.15) is 53.9 Å². The predicted molar refractivity (Wildman–Crippen MR) is 132 cm³/mol. The van der Waals surface area contributed by atoms with Gasteiger partial charge in [-0.2, -0.15) is 0 Å². The number of fused-ring (bicyclic) bond motifs is 2. The number of esters is 1. The Labute approximate surface area is 194 Å². The van der Waals surface area contributed by atoms with Gasteiger partial charge in [0, 0.05) is 35.2 Å². The van der Waals surface area contributed by atoms with E-state index in [-0.39, 0.29) is 12.0 Å². The molecule has 0 amide bonds. The Morgan fingerprint density at radius 3 is 2.52 bits per heavy atom. The van der Waals surface area contributed by atoms with Gasteiger partial charge in [0.25, 0.3) is 0 Å². The SMILES string of the molecule is CCN=c1cc2oc3cc(C(C)N)c(C)cc3c(-c3ccccc3C(=O)OCC)c-2cc1C. The summed E-state index contributed by atoms with van der Waals surface area (Å²) in [7, 11) is 0. The molecule has 5 nitrogen and oxygen atoms in total. The van der Waals surface area contributed by atoms with Gasteiger partial charge in [0.2, 0.25) is 0 Å². The van der Waals surface area contributed by atoms with Crippen LogP contribution in [0.2, 0.25) is 0 Å². The number of ether oxygens (including phenoxy) is 1. The fraction of sp³-hybridized carbons (Fsp3) is 0.286. The first kappa shape index (κ1) is 22.7. The Balaban J connectivity index is 2.18. The first-order valence-electron chi connectivity index (χ1n) is 11.4. The number of rotatable bonds is 5. The van der Waals surface area contributed by atoms with Crippen molar-refractivity contribution in [2.24, 2.45) is 10.7 Å². The van der Waals surface area contributed by atoms with E-state index in [4.69, 9.17) is 14.9 Å². The van der Waals surface area contributed by atoms with E-state index in [9.17, 15) is 4.79 Å². The van der Waals surface area contributed by atoms with E-state index >= 15 is 0 Å². The summed E-state index contributed by atoms with van der Waals surface area (Å²) < 4.78 is 11.8. The van der Waals surface area contributed by atoms with Gasteiger partial charge in [0.05, 0.1) is 17.5 Å². The molecule has 33 heavy (non-hydrogen) atoms. The molecule has 170 valence electrons.